The van der Waals surface area contributed by atoms with Crippen LogP contribution in [0.1, 0.15) is 62.1 Å². The minimum atomic E-state index is 0.260. The highest BCUT2D eigenvalue weighted by Crippen LogP contribution is 2.32. The molecular weight excluding hydrogens is 300 g/mol. The molecule has 3 heteroatoms. The van der Waals surface area contributed by atoms with Gasteiger partial charge in [-0.2, -0.15) is 0 Å². The number of halogens is 1. The molecule has 106 valence electrons. The normalized spacial score (nSPS) is 18.5. The molecule has 1 unspecified atom stereocenters. The van der Waals surface area contributed by atoms with E-state index in [1.54, 1.807) is 0 Å². The third-order valence-corrected chi connectivity index (χ3v) is 5.04. The number of benzene rings is 1. The highest BCUT2D eigenvalue weighted by molar-refractivity contribution is 9.10. The molecule has 1 fully saturated rings. The molecule has 0 aliphatic heterocycles. The average Bonchev–Trinajstić information content (AvgIpc) is 2.44. The molecule has 1 aromatic carbocycles. The van der Waals surface area contributed by atoms with Crippen LogP contribution in [0.15, 0.2) is 22.7 Å². The third-order valence-electron chi connectivity index (χ3n) is 4.32. The molecule has 1 aromatic rings. The lowest BCUT2D eigenvalue weighted by atomic mass is 9.84. The van der Waals surface area contributed by atoms with Crippen LogP contribution in [0.3, 0.4) is 0 Å². The number of aryl methyl sites for hydroxylation is 1. The molecule has 1 aliphatic carbocycles. The Morgan fingerprint density at radius 2 is 2.05 bits per heavy atom. The van der Waals surface area contributed by atoms with E-state index in [0.717, 1.165) is 16.8 Å². The summed E-state index contributed by atoms with van der Waals surface area (Å²) in [5.74, 6) is 6.68. The molecule has 2 nitrogen and oxygen atoms in total. The molecule has 0 bridgehead atoms. The summed E-state index contributed by atoms with van der Waals surface area (Å²) < 4.78 is 1.16. The molecule has 2 rings (SSSR count). The topological polar surface area (TPSA) is 38.0 Å². The van der Waals surface area contributed by atoms with E-state index in [9.17, 15) is 0 Å². The van der Waals surface area contributed by atoms with Gasteiger partial charge in [0.2, 0.25) is 0 Å². The number of hydrogen-bond donors (Lipinski definition) is 2. The van der Waals surface area contributed by atoms with Gasteiger partial charge in [0.25, 0.3) is 0 Å². The maximum absolute atomic E-state index is 5.77. The summed E-state index contributed by atoms with van der Waals surface area (Å²) in [6, 6.07) is 6.74. The van der Waals surface area contributed by atoms with Gasteiger partial charge in [0.05, 0.1) is 0 Å². The van der Waals surface area contributed by atoms with Gasteiger partial charge in [-0.1, -0.05) is 65.7 Å². The van der Waals surface area contributed by atoms with Crippen molar-refractivity contribution in [3.63, 3.8) is 0 Å². The zero-order chi connectivity index (χ0) is 13.7. The SMILES string of the molecule is Cc1ccc(Br)c(C(CCC2CCCCC2)NN)c1. The van der Waals surface area contributed by atoms with Crippen molar-refractivity contribution in [1.29, 1.82) is 0 Å². The second kappa shape index (κ2) is 7.41. The van der Waals surface area contributed by atoms with Gasteiger partial charge in [-0.15, -0.1) is 0 Å². The Morgan fingerprint density at radius 3 is 2.74 bits per heavy atom. The van der Waals surface area contributed by atoms with E-state index in [-0.39, 0.29) is 6.04 Å². The van der Waals surface area contributed by atoms with E-state index in [2.05, 4.69) is 46.5 Å². The second-order valence-electron chi connectivity index (χ2n) is 5.83. The van der Waals surface area contributed by atoms with Gasteiger partial charge in [-0.3, -0.25) is 11.3 Å². The summed E-state index contributed by atoms with van der Waals surface area (Å²) in [5.41, 5.74) is 5.57. The van der Waals surface area contributed by atoms with Gasteiger partial charge < -0.3 is 0 Å². The van der Waals surface area contributed by atoms with E-state index in [0.29, 0.717) is 0 Å². The zero-order valence-electron chi connectivity index (χ0n) is 11.8. The van der Waals surface area contributed by atoms with E-state index in [1.807, 2.05) is 0 Å². The second-order valence-corrected chi connectivity index (χ2v) is 6.68. The standard InChI is InChI=1S/C16H25BrN2/c1-12-7-9-15(17)14(11-12)16(19-18)10-8-13-5-3-2-4-6-13/h7,9,11,13,16,19H,2-6,8,10,18H2,1H3. The maximum Gasteiger partial charge on any atom is 0.0471 e. The average molecular weight is 325 g/mol. The van der Waals surface area contributed by atoms with Crippen molar-refractivity contribution in [3.8, 4) is 0 Å². The Morgan fingerprint density at radius 1 is 1.32 bits per heavy atom. The van der Waals surface area contributed by atoms with Crippen LogP contribution >= 0.6 is 15.9 Å². The Labute approximate surface area is 125 Å². The predicted octanol–water partition coefficient (Wildman–Crippen LogP) is 4.62. The molecule has 0 radical (unpaired) electrons. The van der Waals surface area contributed by atoms with Crippen molar-refractivity contribution in [3.05, 3.63) is 33.8 Å². The van der Waals surface area contributed by atoms with Gasteiger partial charge in [0.15, 0.2) is 0 Å². The number of nitrogens with one attached hydrogen (secondary N) is 1. The molecule has 1 aliphatic rings. The lowest BCUT2D eigenvalue weighted by Crippen LogP contribution is -2.29. The van der Waals surface area contributed by atoms with Crippen LogP contribution in [0.4, 0.5) is 0 Å². The van der Waals surface area contributed by atoms with Crippen molar-refractivity contribution in [2.75, 3.05) is 0 Å². The van der Waals surface area contributed by atoms with Crippen LogP contribution in [0.5, 0.6) is 0 Å². The molecule has 3 N–H and O–H groups in total. The van der Waals surface area contributed by atoms with Gasteiger partial charge in [-0.05, 0) is 37.3 Å². The Balaban J connectivity index is 1.97. The number of hydrazine groups is 1. The molecule has 0 aromatic heterocycles. The van der Waals surface area contributed by atoms with Crippen LogP contribution < -0.4 is 11.3 Å². The fourth-order valence-corrected chi connectivity index (χ4v) is 3.66. The fraction of sp³-hybridized carbons (Fsp3) is 0.625. The molecule has 0 heterocycles. The van der Waals surface area contributed by atoms with Crippen LogP contribution in [-0.4, -0.2) is 0 Å². The first-order chi connectivity index (χ1) is 9.20. The summed E-state index contributed by atoms with van der Waals surface area (Å²) >= 11 is 3.64. The lowest BCUT2D eigenvalue weighted by molar-refractivity contribution is 0.314. The van der Waals surface area contributed by atoms with Crippen molar-refractivity contribution in [2.45, 2.75) is 57.9 Å². The van der Waals surface area contributed by atoms with Crippen LogP contribution in [0.25, 0.3) is 0 Å². The quantitative estimate of drug-likeness (QED) is 0.612. The van der Waals surface area contributed by atoms with E-state index >= 15 is 0 Å². The van der Waals surface area contributed by atoms with E-state index in [4.69, 9.17) is 5.84 Å². The Bertz CT molecular complexity index is 400. The van der Waals surface area contributed by atoms with Crippen molar-refractivity contribution in [2.24, 2.45) is 11.8 Å². The number of rotatable bonds is 5. The Kier molecular flexibility index (Phi) is 5.86. The van der Waals surface area contributed by atoms with E-state index < -0.39 is 0 Å². The van der Waals surface area contributed by atoms with Crippen molar-refractivity contribution >= 4 is 15.9 Å². The smallest absolute Gasteiger partial charge is 0.0471 e. The monoisotopic (exact) mass is 324 g/mol. The number of nitrogens with two attached hydrogens (primary N) is 1. The molecule has 0 amide bonds. The fourth-order valence-electron chi connectivity index (χ4n) is 3.14. The van der Waals surface area contributed by atoms with Gasteiger partial charge in [0, 0.05) is 10.5 Å². The number of hydrogen-bond acceptors (Lipinski definition) is 2. The summed E-state index contributed by atoms with van der Waals surface area (Å²) in [4.78, 5) is 0. The first-order valence-corrected chi connectivity index (χ1v) is 8.22. The van der Waals surface area contributed by atoms with Gasteiger partial charge in [-0.25, -0.2) is 0 Å². The third kappa shape index (κ3) is 4.30. The van der Waals surface area contributed by atoms with Crippen molar-refractivity contribution in [1.82, 2.24) is 5.43 Å². The zero-order valence-corrected chi connectivity index (χ0v) is 13.4. The predicted molar refractivity (Wildman–Crippen MR) is 84.8 cm³/mol. The van der Waals surface area contributed by atoms with Gasteiger partial charge in [0.1, 0.15) is 0 Å². The first kappa shape index (κ1) is 15.0. The summed E-state index contributed by atoms with van der Waals surface area (Å²) in [5, 5.41) is 0. The van der Waals surface area contributed by atoms with Crippen LogP contribution in [-0.2, 0) is 0 Å². The highest BCUT2D eigenvalue weighted by atomic mass is 79.9. The summed E-state index contributed by atoms with van der Waals surface area (Å²) in [7, 11) is 0. The van der Waals surface area contributed by atoms with Crippen LogP contribution in [0.2, 0.25) is 0 Å². The Hall–Kier alpha value is -0.380. The molecule has 1 saturated carbocycles. The summed E-state index contributed by atoms with van der Waals surface area (Å²) in [6.45, 7) is 2.13. The molecule has 0 saturated heterocycles. The minimum absolute atomic E-state index is 0.260. The van der Waals surface area contributed by atoms with Gasteiger partial charge >= 0.3 is 0 Å². The molecule has 0 spiro atoms. The molecule has 1 atom stereocenters. The lowest BCUT2D eigenvalue weighted by Gasteiger charge is -2.25. The minimum Gasteiger partial charge on any atom is -0.271 e. The highest BCUT2D eigenvalue weighted by Gasteiger charge is 2.18. The maximum atomic E-state index is 5.77. The largest absolute Gasteiger partial charge is 0.271 e. The van der Waals surface area contributed by atoms with E-state index in [1.165, 1.54) is 49.7 Å². The van der Waals surface area contributed by atoms with Crippen molar-refractivity contribution < 1.29 is 0 Å². The molecule has 19 heavy (non-hydrogen) atoms. The molecular formula is C16H25BrN2. The van der Waals surface area contributed by atoms with Crippen LogP contribution in [0, 0.1) is 12.8 Å². The first-order valence-electron chi connectivity index (χ1n) is 7.43. The summed E-state index contributed by atoms with van der Waals surface area (Å²) in [6.07, 6.45) is 9.49.